The van der Waals surface area contributed by atoms with Crippen LogP contribution in [0, 0.1) is 0 Å². The quantitative estimate of drug-likeness (QED) is 0.170. The Morgan fingerprint density at radius 3 is 1.95 bits per heavy atom. The number of fused-ring (bicyclic) bond motifs is 9. The SMILES string of the molecule is CC1(C)C2=C(CCC=C2)C2(C3=CCC(N(c4ccc(-c5ccccc5)cc4)c4ccc(-c5cccc6ccccc56)cc4)C=C3c3ccccc32)c2ccccc21. The molecule has 0 fully saturated rings. The molecular weight excluding hydrogens is 687 g/mol. The number of allylic oxidation sites excluding steroid dienone is 6. The van der Waals surface area contributed by atoms with E-state index < -0.39 is 0 Å². The Bertz CT molecular complexity index is 2820. The molecule has 0 heterocycles. The van der Waals surface area contributed by atoms with Gasteiger partial charge >= 0.3 is 0 Å². The van der Waals surface area contributed by atoms with Crippen LogP contribution in [0.1, 0.15) is 55.4 Å². The maximum absolute atomic E-state index is 2.62. The van der Waals surface area contributed by atoms with Crippen molar-refractivity contribution >= 4 is 27.7 Å². The highest BCUT2D eigenvalue weighted by atomic mass is 15.2. The lowest BCUT2D eigenvalue weighted by Crippen LogP contribution is -2.42. The van der Waals surface area contributed by atoms with E-state index in [9.17, 15) is 0 Å². The van der Waals surface area contributed by atoms with E-state index in [1.165, 1.54) is 83.4 Å². The summed E-state index contributed by atoms with van der Waals surface area (Å²) < 4.78 is 0. The Labute approximate surface area is 336 Å². The third kappa shape index (κ3) is 5.08. The van der Waals surface area contributed by atoms with Gasteiger partial charge in [0, 0.05) is 16.8 Å². The molecule has 1 spiro atoms. The second-order valence-electron chi connectivity index (χ2n) is 16.7. The van der Waals surface area contributed by atoms with E-state index in [0.29, 0.717) is 0 Å². The van der Waals surface area contributed by atoms with Gasteiger partial charge in [-0.3, -0.25) is 0 Å². The van der Waals surface area contributed by atoms with Crippen molar-refractivity contribution in [1.29, 1.82) is 0 Å². The molecule has 0 aromatic heterocycles. The molecule has 2 unspecified atom stereocenters. The lowest BCUT2D eigenvalue weighted by atomic mass is 9.53. The average Bonchev–Trinajstić information content (AvgIpc) is 3.57. The van der Waals surface area contributed by atoms with Gasteiger partial charge in [-0.2, -0.15) is 0 Å². The van der Waals surface area contributed by atoms with Crippen LogP contribution in [0.15, 0.2) is 211 Å². The van der Waals surface area contributed by atoms with E-state index in [2.05, 4.69) is 213 Å². The first-order valence-corrected chi connectivity index (χ1v) is 20.6. The summed E-state index contributed by atoms with van der Waals surface area (Å²) in [6.07, 6.45) is 13.1. The highest BCUT2D eigenvalue weighted by molar-refractivity contribution is 5.98. The third-order valence-electron chi connectivity index (χ3n) is 13.4. The molecule has 0 saturated heterocycles. The molecular formula is C56H45N. The molecule has 0 bridgehead atoms. The summed E-state index contributed by atoms with van der Waals surface area (Å²) in [7, 11) is 0. The molecule has 4 aliphatic carbocycles. The molecule has 0 aliphatic heterocycles. The van der Waals surface area contributed by atoms with Crippen molar-refractivity contribution in [3.8, 4) is 22.3 Å². The minimum atomic E-state index is -0.290. The van der Waals surface area contributed by atoms with Gasteiger partial charge in [0.2, 0.25) is 0 Å². The number of nitrogens with zero attached hydrogens (tertiary/aromatic N) is 1. The van der Waals surface area contributed by atoms with Crippen molar-refractivity contribution in [2.24, 2.45) is 0 Å². The summed E-state index contributed by atoms with van der Waals surface area (Å²) in [4.78, 5) is 2.57. The van der Waals surface area contributed by atoms with E-state index >= 15 is 0 Å². The highest BCUT2D eigenvalue weighted by Crippen LogP contribution is 2.65. The lowest BCUT2D eigenvalue weighted by molar-refractivity contribution is 0.535. The second kappa shape index (κ2) is 13.1. The summed E-state index contributed by atoms with van der Waals surface area (Å²) in [5, 5.41) is 2.55. The third-order valence-corrected chi connectivity index (χ3v) is 13.4. The van der Waals surface area contributed by atoms with Crippen molar-refractivity contribution in [3.63, 3.8) is 0 Å². The Morgan fingerprint density at radius 2 is 1.16 bits per heavy atom. The predicted molar refractivity (Wildman–Crippen MR) is 240 cm³/mol. The Hall–Kier alpha value is -6.44. The summed E-state index contributed by atoms with van der Waals surface area (Å²) in [5.41, 5.74) is 18.6. The second-order valence-corrected chi connectivity index (χ2v) is 16.7. The molecule has 2 atom stereocenters. The van der Waals surface area contributed by atoms with Gasteiger partial charge in [-0.05, 0) is 121 Å². The number of hydrogen-bond donors (Lipinski definition) is 0. The van der Waals surface area contributed by atoms with Crippen molar-refractivity contribution in [3.05, 3.63) is 233 Å². The van der Waals surface area contributed by atoms with Crippen LogP contribution < -0.4 is 4.90 Å². The summed E-state index contributed by atoms with van der Waals surface area (Å²) in [6, 6.07) is 63.2. The van der Waals surface area contributed by atoms with Crippen LogP contribution in [0.5, 0.6) is 0 Å². The molecule has 274 valence electrons. The van der Waals surface area contributed by atoms with Crippen LogP contribution in [0.3, 0.4) is 0 Å². The zero-order valence-corrected chi connectivity index (χ0v) is 32.6. The van der Waals surface area contributed by atoms with E-state index in [0.717, 1.165) is 19.3 Å². The highest BCUT2D eigenvalue weighted by Gasteiger charge is 2.56. The molecule has 1 heteroatoms. The van der Waals surface area contributed by atoms with Crippen molar-refractivity contribution in [1.82, 2.24) is 0 Å². The molecule has 11 rings (SSSR count). The van der Waals surface area contributed by atoms with Gasteiger partial charge in [-0.1, -0.05) is 184 Å². The van der Waals surface area contributed by atoms with Crippen LogP contribution in [0.4, 0.5) is 11.4 Å². The molecule has 0 saturated carbocycles. The van der Waals surface area contributed by atoms with Crippen LogP contribution in [-0.2, 0) is 10.8 Å². The van der Waals surface area contributed by atoms with Crippen LogP contribution in [0.25, 0.3) is 38.6 Å². The first-order chi connectivity index (χ1) is 28.0. The van der Waals surface area contributed by atoms with Crippen LogP contribution in [-0.4, -0.2) is 6.04 Å². The topological polar surface area (TPSA) is 3.24 Å². The fourth-order valence-electron chi connectivity index (χ4n) is 10.8. The van der Waals surface area contributed by atoms with Gasteiger partial charge in [0.05, 0.1) is 11.5 Å². The zero-order chi connectivity index (χ0) is 38.1. The average molecular weight is 732 g/mol. The van der Waals surface area contributed by atoms with Gasteiger partial charge in [0.15, 0.2) is 0 Å². The normalized spacial score (nSPS) is 20.0. The molecule has 1 nitrogen and oxygen atoms in total. The molecule has 7 aromatic rings. The van der Waals surface area contributed by atoms with E-state index in [1.54, 1.807) is 5.57 Å². The fourth-order valence-corrected chi connectivity index (χ4v) is 10.8. The van der Waals surface area contributed by atoms with Gasteiger partial charge in [0.25, 0.3) is 0 Å². The first-order valence-electron chi connectivity index (χ1n) is 20.6. The number of hydrogen-bond acceptors (Lipinski definition) is 1. The fraction of sp³-hybridized carbons (Fsp3) is 0.143. The standard InChI is InChI=1S/C56H45N/c1-55(2)51-23-10-12-25-53(51)56(54-26-13-11-24-52(54)55)49-22-9-8-20-47(49)48-37-44(35-36-50(48)56)57(42-31-27-39(28-32-42)38-15-4-3-5-16-38)43-33-29-41(30-34-43)46-21-14-18-40-17-6-7-19-45(40)46/h3-12,14-25,27-34,36-37,44H,13,26,35H2,1-2H3. The molecule has 4 aliphatic rings. The number of rotatable bonds is 5. The van der Waals surface area contributed by atoms with Gasteiger partial charge in [-0.25, -0.2) is 0 Å². The minimum Gasteiger partial charge on any atom is -0.334 e. The van der Waals surface area contributed by atoms with Crippen LogP contribution in [0.2, 0.25) is 0 Å². The molecule has 0 radical (unpaired) electrons. The maximum Gasteiger partial charge on any atom is 0.0679 e. The van der Waals surface area contributed by atoms with Gasteiger partial charge in [0.1, 0.15) is 0 Å². The maximum atomic E-state index is 2.62. The lowest BCUT2D eigenvalue weighted by Gasteiger charge is -2.49. The predicted octanol–water partition coefficient (Wildman–Crippen LogP) is 14.3. The van der Waals surface area contributed by atoms with Gasteiger partial charge < -0.3 is 4.90 Å². The number of anilines is 2. The minimum absolute atomic E-state index is 0.0613. The molecule has 7 aromatic carbocycles. The van der Waals surface area contributed by atoms with Gasteiger partial charge in [-0.15, -0.1) is 0 Å². The molecule has 0 N–H and O–H groups in total. The smallest absolute Gasteiger partial charge is 0.0679 e. The largest absolute Gasteiger partial charge is 0.334 e. The van der Waals surface area contributed by atoms with Crippen molar-refractivity contribution in [2.75, 3.05) is 4.90 Å². The van der Waals surface area contributed by atoms with E-state index in [1.807, 2.05) is 0 Å². The molecule has 0 amide bonds. The van der Waals surface area contributed by atoms with Crippen LogP contribution >= 0.6 is 0 Å². The Morgan fingerprint density at radius 1 is 0.544 bits per heavy atom. The van der Waals surface area contributed by atoms with Crippen molar-refractivity contribution < 1.29 is 0 Å². The first kappa shape index (κ1) is 33.9. The molecule has 57 heavy (non-hydrogen) atoms. The summed E-state index contributed by atoms with van der Waals surface area (Å²) in [5.74, 6) is 0. The Balaban J connectivity index is 1.07. The van der Waals surface area contributed by atoms with E-state index in [4.69, 9.17) is 0 Å². The number of benzene rings is 7. The Kier molecular flexibility index (Phi) is 7.76. The van der Waals surface area contributed by atoms with Crippen molar-refractivity contribution in [2.45, 2.75) is 50.0 Å². The monoisotopic (exact) mass is 731 g/mol. The summed E-state index contributed by atoms with van der Waals surface area (Å²) in [6.45, 7) is 4.86. The summed E-state index contributed by atoms with van der Waals surface area (Å²) >= 11 is 0. The van der Waals surface area contributed by atoms with E-state index in [-0.39, 0.29) is 16.9 Å². The zero-order valence-electron chi connectivity index (χ0n) is 32.6.